The van der Waals surface area contributed by atoms with Gasteiger partial charge in [0.25, 0.3) is 0 Å². The second-order valence-corrected chi connectivity index (χ2v) is 5.52. The van der Waals surface area contributed by atoms with Gasteiger partial charge in [-0.05, 0) is 24.8 Å². The molecule has 1 aliphatic carbocycles. The molecule has 0 bridgehead atoms. The number of rotatable bonds is 7. The van der Waals surface area contributed by atoms with Gasteiger partial charge in [-0.1, -0.05) is 44.4 Å². The van der Waals surface area contributed by atoms with E-state index in [9.17, 15) is 0 Å². The van der Waals surface area contributed by atoms with E-state index in [0.29, 0.717) is 25.9 Å². The van der Waals surface area contributed by atoms with Crippen molar-refractivity contribution in [1.29, 1.82) is 0 Å². The summed E-state index contributed by atoms with van der Waals surface area (Å²) in [5.74, 6) is 1.62. The summed E-state index contributed by atoms with van der Waals surface area (Å²) in [7, 11) is 0. The molecule has 1 aromatic carbocycles. The lowest BCUT2D eigenvalue weighted by Gasteiger charge is -2.30. The van der Waals surface area contributed by atoms with Crippen LogP contribution >= 0.6 is 0 Å². The van der Waals surface area contributed by atoms with Crippen molar-refractivity contribution in [3.63, 3.8) is 0 Å². The van der Waals surface area contributed by atoms with Gasteiger partial charge >= 0.3 is 0 Å². The number of hydrogen-bond donors (Lipinski definition) is 1. The van der Waals surface area contributed by atoms with E-state index >= 15 is 0 Å². The molecule has 1 saturated carbocycles. The molecule has 1 fully saturated rings. The van der Waals surface area contributed by atoms with Gasteiger partial charge in [0.15, 0.2) is 0 Å². The molecule has 0 amide bonds. The first kappa shape index (κ1) is 15.3. The maximum atomic E-state index is 6.03. The van der Waals surface area contributed by atoms with Crippen LogP contribution in [0.2, 0.25) is 0 Å². The minimum absolute atomic E-state index is 0.433. The van der Waals surface area contributed by atoms with Crippen LogP contribution in [0.15, 0.2) is 24.3 Å². The summed E-state index contributed by atoms with van der Waals surface area (Å²) in [6.07, 6.45) is 6.84. The summed E-state index contributed by atoms with van der Waals surface area (Å²) in [5, 5.41) is 0. The van der Waals surface area contributed by atoms with Crippen LogP contribution in [-0.2, 0) is 11.3 Å². The third-order valence-corrected chi connectivity index (χ3v) is 4.23. The van der Waals surface area contributed by atoms with Crippen LogP contribution in [0.25, 0.3) is 0 Å². The van der Waals surface area contributed by atoms with Crippen molar-refractivity contribution in [3.05, 3.63) is 29.8 Å². The molecule has 2 N–H and O–H groups in total. The lowest BCUT2D eigenvalue weighted by molar-refractivity contribution is -0.0229. The van der Waals surface area contributed by atoms with Crippen LogP contribution in [0.5, 0.6) is 5.75 Å². The zero-order valence-corrected chi connectivity index (χ0v) is 12.5. The summed E-state index contributed by atoms with van der Waals surface area (Å²) in [6, 6.07) is 7.94. The van der Waals surface area contributed by atoms with Gasteiger partial charge in [-0.15, -0.1) is 0 Å². The van der Waals surface area contributed by atoms with Gasteiger partial charge in [-0.25, -0.2) is 0 Å². The van der Waals surface area contributed by atoms with E-state index in [1.54, 1.807) is 0 Å². The highest BCUT2D eigenvalue weighted by molar-refractivity contribution is 5.32. The summed E-state index contributed by atoms with van der Waals surface area (Å²) >= 11 is 0. The highest BCUT2D eigenvalue weighted by Gasteiger charge is 2.23. The lowest BCUT2D eigenvalue weighted by Crippen LogP contribution is -2.28. The number of nitrogens with two attached hydrogens (primary N) is 1. The second-order valence-electron chi connectivity index (χ2n) is 5.52. The number of hydrogen-bond acceptors (Lipinski definition) is 3. The average Bonchev–Trinajstić information content (AvgIpc) is 2.52. The molecule has 0 heterocycles. The Balaban J connectivity index is 1.73. The molecule has 1 aliphatic rings. The van der Waals surface area contributed by atoms with Crippen LogP contribution in [0.1, 0.15) is 44.6 Å². The van der Waals surface area contributed by atoms with Gasteiger partial charge in [-0.2, -0.15) is 0 Å². The summed E-state index contributed by atoms with van der Waals surface area (Å²) in [6.45, 7) is 4.04. The van der Waals surface area contributed by atoms with Crippen LogP contribution in [-0.4, -0.2) is 19.3 Å². The standard InChI is InChI=1S/C17H27NO2/c1-2-14-7-3-5-9-16(14)19-11-12-20-17-10-6-4-8-15(17)13-18/h4,6,8,10,14,16H,2-3,5,7,9,11-13,18H2,1H3. The molecular weight excluding hydrogens is 250 g/mol. The van der Waals surface area contributed by atoms with Crippen LogP contribution < -0.4 is 10.5 Å². The van der Waals surface area contributed by atoms with Crippen molar-refractivity contribution in [2.75, 3.05) is 13.2 Å². The van der Waals surface area contributed by atoms with Gasteiger partial charge in [-0.3, -0.25) is 0 Å². The van der Waals surface area contributed by atoms with E-state index < -0.39 is 0 Å². The fraction of sp³-hybridized carbons (Fsp3) is 0.647. The number of benzene rings is 1. The molecule has 0 aliphatic heterocycles. The highest BCUT2D eigenvalue weighted by Crippen LogP contribution is 2.29. The third-order valence-electron chi connectivity index (χ3n) is 4.23. The third kappa shape index (κ3) is 4.22. The maximum Gasteiger partial charge on any atom is 0.123 e. The number of ether oxygens (including phenoxy) is 2. The van der Waals surface area contributed by atoms with Crippen molar-refractivity contribution in [3.8, 4) is 5.75 Å². The molecule has 1 aromatic rings. The monoisotopic (exact) mass is 277 g/mol. The van der Waals surface area contributed by atoms with Crippen molar-refractivity contribution in [2.45, 2.75) is 51.7 Å². The van der Waals surface area contributed by atoms with Crippen LogP contribution in [0.4, 0.5) is 0 Å². The molecule has 2 unspecified atom stereocenters. The summed E-state index contributed by atoms with van der Waals surface area (Å²) in [4.78, 5) is 0. The van der Waals surface area contributed by atoms with Crippen molar-refractivity contribution < 1.29 is 9.47 Å². The predicted molar refractivity (Wildman–Crippen MR) is 81.8 cm³/mol. The van der Waals surface area contributed by atoms with E-state index in [0.717, 1.165) is 17.2 Å². The average molecular weight is 277 g/mol. The van der Waals surface area contributed by atoms with Gasteiger partial charge in [0, 0.05) is 12.1 Å². The van der Waals surface area contributed by atoms with E-state index in [1.807, 2.05) is 24.3 Å². The molecule has 0 aromatic heterocycles. The smallest absolute Gasteiger partial charge is 0.123 e. The van der Waals surface area contributed by atoms with Crippen LogP contribution in [0, 0.1) is 5.92 Å². The van der Waals surface area contributed by atoms with Gasteiger partial charge < -0.3 is 15.2 Å². The van der Waals surface area contributed by atoms with Gasteiger partial charge in [0.1, 0.15) is 12.4 Å². The Labute approximate surface area is 122 Å². The quantitative estimate of drug-likeness (QED) is 0.776. The molecule has 3 nitrogen and oxygen atoms in total. The first-order valence-electron chi connectivity index (χ1n) is 7.87. The summed E-state index contributed by atoms with van der Waals surface area (Å²) < 4.78 is 11.8. The molecule has 112 valence electrons. The Kier molecular flexibility index (Phi) is 6.34. The molecule has 2 rings (SSSR count). The van der Waals surface area contributed by atoms with Gasteiger partial charge in [0.2, 0.25) is 0 Å². The largest absolute Gasteiger partial charge is 0.491 e. The molecule has 3 heteroatoms. The SMILES string of the molecule is CCC1CCCCC1OCCOc1ccccc1CN. The Hall–Kier alpha value is -1.06. The van der Waals surface area contributed by atoms with E-state index in [2.05, 4.69) is 6.92 Å². The topological polar surface area (TPSA) is 44.5 Å². The fourth-order valence-electron chi connectivity index (χ4n) is 3.02. The fourth-order valence-corrected chi connectivity index (χ4v) is 3.02. The Morgan fingerprint density at radius 1 is 1.15 bits per heavy atom. The molecule has 2 atom stereocenters. The second kappa shape index (κ2) is 8.28. The van der Waals surface area contributed by atoms with Crippen LogP contribution in [0.3, 0.4) is 0 Å². The normalized spacial score (nSPS) is 22.7. The van der Waals surface area contributed by atoms with Crippen molar-refractivity contribution >= 4 is 0 Å². The van der Waals surface area contributed by atoms with Crippen molar-refractivity contribution in [2.24, 2.45) is 11.7 Å². The molecule has 0 spiro atoms. The Bertz CT molecular complexity index is 394. The molecule has 20 heavy (non-hydrogen) atoms. The Morgan fingerprint density at radius 3 is 2.75 bits per heavy atom. The van der Waals surface area contributed by atoms with Crippen molar-refractivity contribution in [1.82, 2.24) is 0 Å². The van der Waals surface area contributed by atoms with E-state index in [4.69, 9.17) is 15.2 Å². The molecular formula is C17H27NO2. The lowest BCUT2D eigenvalue weighted by atomic mass is 9.85. The Morgan fingerprint density at radius 2 is 1.95 bits per heavy atom. The first-order chi connectivity index (χ1) is 9.85. The first-order valence-corrected chi connectivity index (χ1v) is 7.87. The predicted octanol–water partition coefficient (Wildman–Crippen LogP) is 3.51. The molecule has 0 radical (unpaired) electrons. The van der Waals surface area contributed by atoms with Gasteiger partial charge in [0.05, 0.1) is 12.7 Å². The van der Waals surface area contributed by atoms with E-state index in [1.165, 1.54) is 32.1 Å². The minimum Gasteiger partial charge on any atom is -0.491 e. The zero-order valence-electron chi connectivity index (χ0n) is 12.5. The molecule has 0 saturated heterocycles. The minimum atomic E-state index is 0.433. The number of para-hydroxylation sites is 1. The zero-order chi connectivity index (χ0) is 14.2. The highest BCUT2D eigenvalue weighted by atomic mass is 16.5. The van der Waals surface area contributed by atoms with E-state index in [-0.39, 0.29) is 0 Å². The summed E-state index contributed by atoms with van der Waals surface area (Å²) in [5.41, 5.74) is 6.75. The maximum absolute atomic E-state index is 6.03.